The Kier molecular flexibility index (Phi) is 3.72. The number of amides is 1. The predicted molar refractivity (Wildman–Crippen MR) is 53.5 cm³/mol. The first-order chi connectivity index (χ1) is 6.11. The van der Waals surface area contributed by atoms with Crippen molar-refractivity contribution in [2.75, 3.05) is 34.2 Å². The van der Waals surface area contributed by atoms with Crippen LogP contribution in [0.25, 0.3) is 0 Å². The third-order valence-electron chi connectivity index (χ3n) is 2.66. The van der Waals surface area contributed by atoms with Gasteiger partial charge < -0.3 is 9.80 Å². The lowest BCUT2D eigenvalue weighted by atomic mass is 10.0. The van der Waals surface area contributed by atoms with Crippen LogP contribution >= 0.6 is 0 Å². The van der Waals surface area contributed by atoms with Gasteiger partial charge in [-0.2, -0.15) is 0 Å². The van der Waals surface area contributed by atoms with Gasteiger partial charge in [0, 0.05) is 20.6 Å². The molecule has 13 heavy (non-hydrogen) atoms. The Morgan fingerprint density at radius 1 is 1.38 bits per heavy atom. The molecule has 3 heteroatoms. The van der Waals surface area contributed by atoms with Crippen LogP contribution in [0.2, 0.25) is 0 Å². The molecule has 0 radical (unpaired) electrons. The van der Waals surface area contributed by atoms with Crippen LogP contribution in [0.3, 0.4) is 0 Å². The Labute approximate surface area is 80.7 Å². The van der Waals surface area contributed by atoms with E-state index in [1.807, 2.05) is 14.1 Å². The number of likely N-dealkylation sites (tertiary alicyclic amines) is 1. The first kappa shape index (κ1) is 10.5. The van der Waals surface area contributed by atoms with Crippen molar-refractivity contribution in [3.05, 3.63) is 0 Å². The van der Waals surface area contributed by atoms with Gasteiger partial charge in [-0.15, -0.1) is 0 Å². The lowest BCUT2D eigenvalue weighted by molar-refractivity contribution is -0.133. The van der Waals surface area contributed by atoms with Crippen LogP contribution < -0.4 is 0 Å². The molecule has 1 heterocycles. The van der Waals surface area contributed by atoms with Gasteiger partial charge in [-0.1, -0.05) is 6.42 Å². The Hall–Kier alpha value is -0.570. The second-order valence-electron chi connectivity index (χ2n) is 4.19. The SMILES string of the molecule is CN1CCCCC(C(=O)N(C)C)C1. The molecule has 0 spiro atoms. The van der Waals surface area contributed by atoms with Crippen LogP contribution in [0, 0.1) is 5.92 Å². The summed E-state index contributed by atoms with van der Waals surface area (Å²) < 4.78 is 0. The molecule has 1 fully saturated rings. The van der Waals surface area contributed by atoms with Gasteiger partial charge >= 0.3 is 0 Å². The maximum atomic E-state index is 11.7. The number of rotatable bonds is 1. The number of carbonyl (C=O) groups is 1. The standard InChI is InChI=1S/C10H20N2O/c1-11(2)10(13)9-6-4-5-7-12(3)8-9/h9H,4-8H2,1-3H3. The van der Waals surface area contributed by atoms with E-state index in [2.05, 4.69) is 11.9 Å². The first-order valence-corrected chi connectivity index (χ1v) is 5.01. The minimum atomic E-state index is 0.225. The fraction of sp³-hybridized carbons (Fsp3) is 0.900. The molecule has 3 nitrogen and oxygen atoms in total. The molecule has 0 saturated carbocycles. The van der Waals surface area contributed by atoms with Crippen molar-refractivity contribution in [3.63, 3.8) is 0 Å². The fourth-order valence-corrected chi connectivity index (χ4v) is 1.90. The minimum Gasteiger partial charge on any atom is -0.349 e. The number of nitrogens with zero attached hydrogens (tertiary/aromatic N) is 2. The number of hydrogen-bond acceptors (Lipinski definition) is 2. The predicted octanol–water partition coefficient (Wildman–Crippen LogP) is 0.806. The Morgan fingerprint density at radius 3 is 2.69 bits per heavy atom. The monoisotopic (exact) mass is 184 g/mol. The van der Waals surface area contributed by atoms with E-state index >= 15 is 0 Å². The second-order valence-corrected chi connectivity index (χ2v) is 4.19. The molecule has 1 atom stereocenters. The molecule has 76 valence electrons. The lowest BCUT2D eigenvalue weighted by Gasteiger charge is -2.22. The third kappa shape index (κ3) is 2.99. The summed E-state index contributed by atoms with van der Waals surface area (Å²) in [7, 11) is 5.78. The molecule has 0 N–H and O–H groups in total. The van der Waals surface area contributed by atoms with Crippen LogP contribution in [-0.2, 0) is 4.79 Å². The molecular formula is C10H20N2O. The van der Waals surface area contributed by atoms with E-state index in [0.29, 0.717) is 0 Å². The summed E-state index contributed by atoms with van der Waals surface area (Å²) in [5.74, 6) is 0.510. The molecule has 1 saturated heterocycles. The molecule has 1 unspecified atom stereocenters. The summed E-state index contributed by atoms with van der Waals surface area (Å²) in [5.41, 5.74) is 0. The molecule has 1 aliphatic heterocycles. The van der Waals surface area contributed by atoms with Crippen molar-refractivity contribution in [1.29, 1.82) is 0 Å². The average molecular weight is 184 g/mol. The van der Waals surface area contributed by atoms with Gasteiger partial charge in [-0.3, -0.25) is 4.79 Å². The molecule has 0 aliphatic carbocycles. The molecule has 0 aromatic carbocycles. The van der Waals surface area contributed by atoms with Gasteiger partial charge in [0.1, 0.15) is 0 Å². The highest BCUT2D eigenvalue weighted by Crippen LogP contribution is 2.16. The van der Waals surface area contributed by atoms with Crippen LogP contribution in [0.5, 0.6) is 0 Å². The second kappa shape index (κ2) is 4.61. The van der Waals surface area contributed by atoms with Crippen molar-refractivity contribution in [3.8, 4) is 0 Å². The van der Waals surface area contributed by atoms with E-state index in [-0.39, 0.29) is 11.8 Å². The Balaban J connectivity index is 2.52. The summed E-state index contributed by atoms with van der Waals surface area (Å²) in [5, 5.41) is 0. The van der Waals surface area contributed by atoms with E-state index < -0.39 is 0 Å². The Morgan fingerprint density at radius 2 is 2.08 bits per heavy atom. The van der Waals surface area contributed by atoms with E-state index in [1.165, 1.54) is 12.8 Å². The zero-order valence-corrected chi connectivity index (χ0v) is 8.92. The average Bonchev–Trinajstić information content (AvgIpc) is 2.28. The van der Waals surface area contributed by atoms with Crippen molar-refractivity contribution in [2.45, 2.75) is 19.3 Å². The summed E-state index contributed by atoms with van der Waals surface area (Å²) in [4.78, 5) is 15.7. The first-order valence-electron chi connectivity index (χ1n) is 5.01. The third-order valence-corrected chi connectivity index (χ3v) is 2.66. The van der Waals surface area contributed by atoms with Gasteiger partial charge in [0.2, 0.25) is 5.91 Å². The van der Waals surface area contributed by atoms with E-state index in [0.717, 1.165) is 19.5 Å². The van der Waals surface area contributed by atoms with E-state index in [4.69, 9.17) is 0 Å². The number of carbonyl (C=O) groups excluding carboxylic acids is 1. The van der Waals surface area contributed by atoms with E-state index in [1.54, 1.807) is 4.90 Å². The van der Waals surface area contributed by atoms with Crippen LogP contribution in [-0.4, -0.2) is 49.9 Å². The largest absolute Gasteiger partial charge is 0.349 e. The minimum absolute atomic E-state index is 0.225. The van der Waals surface area contributed by atoms with Gasteiger partial charge in [0.25, 0.3) is 0 Å². The fourth-order valence-electron chi connectivity index (χ4n) is 1.90. The summed E-state index contributed by atoms with van der Waals surface area (Å²) in [6.45, 7) is 2.06. The lowest BCUT2D eigenvalue weighted by Crippen LogP contribution is -2.35. The Bertz CT molecular complexity index is 180. The van der Waals surface area contributed by atoms with E-state index in [9.17, 15) is 4.79 Å². The quantitative estimate of drug-likeness (QED) is 0.602. The highest BCUT2D eigenvalue weighted by molar-refractivity contribution is 5.78. The molecule has 0 aromatic heterocycles. The molecule has 1 aliphatic rings. The number of hydrogen-bond donors (Lipinski definition) is 0. The highest BCUT2D eigenvalue weighted by atomic mass is 16.2. The van der Waals surface area contributed by atoms with Gasteiger partial charge in [-0.25, -0.2) is 0 Å². The molecular weight excluding hydrogens is 164 g/mol. The molecule has 1 rings (SSSR count). The normalized spacial score (nSPS) is 25.3. The van der Waals surface area contributed by atoms with Crippen LogP contribution in [0.1, 0.15) is 19.3 Å². The summed E-state index contributed by atoms with van der Waals surface area (Å²) >= 11 is 0. The summed E-state index contributed by atoms with van der Waals surface area (Å²) in [6.07, 6.45) is 3.48. The molecule has 0 bridgehead atoms. The van der Waals surface area contributed by atoms with Crippen LogP contribution in [0.4, 0.5) is 0 Å². The van der Waals surface area contributed by atoms with Crippen molar-refractivity contribution in [2.24, 2.45) is 5.92 Å². The topological polar surface area (TPSA) is 23.6 Å². The van der Waals surface area contributed by atoms with Gasteiger partial charge in [0.15, 0.2) is 0 Å². The molecule has 1 amide bonds. The smallest absolute Gasteiger partial charge is 0.226 e. The van der Waals surface area contributed by atoms with Crippen LogP contribution in [0.15, 0.2) is 0 Å². The zero-order valence-electron chi connectivity index (χ0n) is 8.92. The maximum Gasteiger partial charge on any atom is 0.226 e. The van der Waals surface area contributed by atoms with Gasteiger partial charge in [-0.05, 0) is 26.4 Å². The molecule has 0 aromatic rings. The van der Waals surface area contributed by atoms with Crippen molar-refractivity contribution in [1.82, 2.24) is 9.80 Å². The summed E-state index contributed by atoms with van der Waals surface area (Å²) in [6, 6.07) is 0. The zero-order chi connectivity index (χ0) is 9.84. The van der Waals surface area contributed by atoms with Gasteiger partial charge in [0.05, 0.1) is 5.92 Å². The maximum absolute atomic E-state index is 11.7. The van der Waals surface area contributed by atoms with Crippen molar-refractivity contribution >= 4 is 5.91 Å². The highest BCUT2D eigenvalue weighted by Gasteiger charge is 2.23. The van der Waals surface area contributed by atoms with Crippen molar-refractivity contribution < 1.29 is 4.79 Å².